The van der Waals surface area contributed by atoms with E-state index in [4.69, 9.17) is 0 Å². The van der Waals surface area contributed by atoms with E-state index in [0.717, 1.165) is 45.3 Å². The van der Waals surface area contributed by atoms with Gasteiger partial charge in [0.2, 0.25) is 0 Å². The number of para-hydroxylation sites is 1. The molecule has 0 saturated heterocycles. The van der Waals surface area contributed by atoms with Gasteiger partial charge in [0.15, 0.2) is 0 Å². The van der Waals surface area contributed by atoms with Crippen LogP contribution in [0.25, 0.3) is 96.6 Å². The van der Waals surface area contributed by atoms with E-state index in [0.29, 0.717) is 0 Å². The Morgan fingerprint density at radius 1 is 0.311 bits per heavy atom. The molecule has 1 aliphatic rings. The Bertz CT molecular complexity index is 4510. The first-order chi connectivity index (χ1) is 36.4. The lowest BCUT2D eigenvalue weighted by Gasteiger charge is -2.31. The van der Waals surface area contributed by atoms with Gasteiger partial charge < -0.3 is 9.80 Å². The summed E-state index contributed by atoms with van der Waals surface area (Å²) >= 11 is 1.86. The van der Waals surface area contributed by atoms with E-state index in [-0.39, 0.29) is 5.41 Å². The van der Waals surface area contributed by atoms with E-state index in [2.05, 4.69) is 278 Å². The van der Waals surface area contributed by atoms with Gasteiger partial charge >= 0.3 is 0 Å². The van der Waals surface area contributed by atoms with Gasteiger partial charge in [0.25, 0.3) is 0 Å². The van der Waals surface area contributed by atoms with E-state index in [1.807, 2.05) is 11.3 Å². The highest BCUT2D eigenvalue weighted by Crippen LogP contribution is 2.53. The van der Waals surface area contributed by atoms with Crippen molar-refractivity contribution in [1.82, 2.24) is 0 Å². The summed E-state index contributed by atoms with van der Waals surface area (Å²) < 4.78 is 2.57. The second kappa shape index (κ2) is 16.5. The number of benzene rings is 13. The maximum Gasteiger partial charge on any atom is 0.0540 e. The number of hydrogen-bond donors (Lipinski definition) is 0. The van der Waals surface area contributed by atoms with Crippen LogP contribution in [0.4, 0.5) is 34.1 Å². The molecule has 0 spiro atoms. The van der Waals surface area contributed by atoms with Crippen molar-refractivity contribution in [1.29, 1.82) is 0 Å². The second-order valence-electron chi connectivity index (χ2n) is 20.4. The minimum absolute atomic E-state index is 0.107. The zero-order valence-electron chi connectivity index (χ0n) is 41.1. The highest BCUT2D eigenvalue weighted by atomic mass is 32.1. The van der Waals surface area contributed by atoms with E-state index in [9.17, 15) is 0 Å². The van der Waals surface area contributed by atoms with Crippen LogP contribution in [0.3, 0.4) is 0 Å². The molecule has 0 aliphatic heterocycles. The van der Waals surface area contributed by atoms with Crippen LogP contribution in [-0.2, 0) is 5.41 Å². The van der Waals surface area contributed by atoms with Crippen LogP contribution in [0.5, 0.6) is 0 Å². The molecule has 2 nitrogen and oxygen atoms in total. The predicted molar refractivity (Wildman–Crippen MR) is 318 cm³/mol. The lowest BCUT2D eigenvalue weighted by atomic mass is 9.82. The number of hydrogen-bond acceptors (Lipinski definition) is 3. The van der Waals surface area contributed by atoms with Crippen LogP contribution in [-0.4, -0.2) is 0 Å². The molecule has 14 aromatic rings. The summed E-state index contributed by atoms with van der Waals surface area (Å²) in [4.78, 5) is 4.98. The summed E-state index contributed by atoms with van der Waals surface area (Å²) in [6.45, 7) is 4.75. The number of anilines is 6. The normalized spacial score (nSPS) is 12.8. The Balaban J connectivity index is 1.04. The molecule has 0 saturated carbocycles. The fourth-order valence-corrected chi connectivity index (χ4v) is 13.6. The molecule has 0 fully saturated rings. The van der Waals surface area contributed by atoms with Gasteiger partial charge in [-0.1, -0.05) is 196 Å². The minimum Gasteiger partial charge on any atom is -0.310 e. The molecular formula is C71H48N2S. The molecule has 1 aromatic heterocycles. The molecule has 13 aromatic carbocycles. The molecule has 3 heteroatoms. The Morgan fingerprint density at radius 3 is 1.76 bits per heavy atom. The van der Waals surface area contributed by atoms with Crippen molar-refractivity contribution in [2.24, 2.45) is 0 Å². The third-order valence-corrected chi connectivity index (χ3v) is 17.1. The number of rotatable bonds is 8. The van der Waals surface area contributed by atoms with Crippen LogP contribution in [0.2, 0.25) is 0 Å². The van der Waals surface area contributed by atoms with Crippen LogP contribution in [0.15, 0.2) is 255 Å². The third kappa shape index (κ3) is 6.56. The summed E-state index contributed by atoms with van der Waals surface area (Å²) in [7, 11) is 0. The fraction of sp³-hybridized carbons (Fsp3) is 0.0423. The van der Waals surface area contributed by atoms with Gasteiger partial charge in [0.05, 0.1) is 5.69 Å². The lowest BCUT2D eigenvalue weighted by molar-refractivity contribution is 0.661. The van der Waals surface area contributed by atoms with Crippen LogP contribution >= 0.6 is 11.3 Å². The smallest absolute Gasteiger partial charge is 0.0540 e. The van der Waals surface area contributed by atoms with E-state index in [1.54, 1.807) is 0 Å². The average molecular weight is 961 g/mol. The van der Waals surface area contributed by atoms with E-state index >= 15 is 0 Å². The van der Waals surface area contributed by atoms with Gasteiger partial charge in [0, 0.05) is 59.4 Å². The van der Waals surface area contributed by atoms with Gasteiger partial charge in [-0.3, -0.25) is 0 Å². The maximum atomic E-state index is 2.49. The van der Waals surface area contributed by atoms with Crippen molar-refractivity contribution in [2.75, 3.05) is 9.80 Å². The minimum atomic E-state index is -0.107. The zero-order chi connectivity index (χ0) is 49.1. The van der Waals surface area contributed by atoms with E-state index < -0.39 is 0 Å². The number of fused-ring (bicyclic) bond motifs is 8. The van der Waals surface area contributed by atoms with Crippen LogP contribution in [0, 0.1) is 0 Å². The molecule has 1 heterocycles. The summed E-state index contributed by atoms with van der Waals surface area (Å²) in [5, 5.41) is 12.6. The molecule has 1 aliphatic carbocycles. The zero-order valence-corrected chi connectivity index (χ0v) is 41.9. The molecule has 0 N–H and O–H groups in total. The Morgan fingerprint density at radius 2 is 0.905 bits per heavy atom. The summed E-state index contributed by atoms with van der Waals surface area (Å²) in [6.07, 6.45) is 0. The topological polar surface area (TPSA) is 6.48 Å². The molecular weight excluding hydrogens is 913 g/mol. The first kappa shape index (κ1) is 42.6. The number of nitrogens with zero attached hydrogens (tertiary/aromatic N) is 2. The molecule has 15 rings (SSSR count). The SMILES string of the molecule is CC1(C)c2ccccc2-c2c1ccc1c(-c3cc(N(c4cccc(-c5ccccc5)c4)c4ccc5sc6ccccc6c5c4)cc(N(c4ccccc4)c4ccc5ccc6cccc7ccc4c5c67)c3)cccc21. The molecule has 0 amide bonds. The lowest BCUT2D eigenvalue weighted by Crippen LogP contribution is -2.14. The van der Waals surface area contributed by atoms with Crippen molar-refractivity contribution in [3.63, 3.8) is 0 Å². The molecule has 0 bridgehead atoms. The van der Waals surface area contributed by atoms with Gasteiger partial charge in [-0.05, 0) is 155 Å². The Hall–Kier alpha value is -9.02. The standard InChI is InChI=1S/C71H48N2S/c1-71(2)63-28-11-9-25-60(63)70-59-27-15-26-56(57(59)36-37-64(70)71)50-41-54(72(52-23-14-20-49(40-52)45-16-5-3-6-17-45)53-34-39-67-62(44-53)58-24-10-12-29-66(58)74-67)43-55(42-50)73(51-21-7-4-8-22-51)65-38-33-48-31-30-46-18-13-19-47-32-35-61(65)69(48)68(46)47/h3-44H,1-2H3. The third-order valence-electron chi connectivity index (χ3n) is 15.9. The van der Waals surface area contributed by atoms with Crippen molar-refractivity contribution in [3.05, 3.63) is 266 Å². The largest absolute Gasteiger partial charge is 0.310 e. The highest BCUT2D eigenvalue weighted by Gasteiger charge is 2.36. The van der Waals surface area contributed by atoms with E-state index in [1.165, 1.54) is 96.6 Å². The van der Waals surface area contributed by atoms with Crippen molar-refractivity contribution >= 4 is 109 Å². The monoisotopic (exact) mass is 960 g/mol. The molecule has 348 valence electrons. The molecule has 74 heavy (non-hydrogen) atoms. The van der Waals surface area contributed by atoms with Crippen LogP contribution in [0.1, 0.15) is 25.0 Å². The van der Waals surface area contributed by atoms with Gasteiger partial charge in [0.1, 0.15) is 0 Å². The number of thiophene rings is 1. The Kier molecular flexibility index (Phi) is 9.51. The van der Waals surface area contributed by atoms with Crippen molar-refractivity contribution in [3.8, 4) is 33.4 Å². The van der Waals surface area contributed by atoms with Gasteiger partial charge in [-0.2, -0.15) is 0 Å². The summed E-state index contributed by atoms with van der Waals surface area (Å²) in [5.74, 6) is 0. The second-order valence-corrected chi connectivity index (χ2v) is 21.5. The fourth-order valence-electron chi connectivity index (χ4n) is 12.5. The summed E-state index contributed by atoms with van der Waals surface area (Å²) in [6, 6.07) is 95.1. The van der Waals surface area contributed by atoms with Crippen molar-refractivity contribution < 1.29 is 0 Å². The highest BCUT2D eigenvalue weighted by molar-refractivity contribution is 7.25. The predicted octanol–water partition coefficient (Wildman–Crippen LogP) is 20.7. The van der Waals surface area contributed by atoms with Gasteiger partial charge in [-0.25, -0.2) is 0 Å². The Labute approximate surface area is 434 Å². The summed E-state index contributed by atoms with van der Waals surface area (Å²) in [5.41, 5.74) is 16.5. The quantitative estimate of drug-likeness (QED) is 0.140. The van der Waals surface area contributed by atoms with Gasteiger partial charge in [-0.15, -0.1) is 11.3 Å². The average Bonchev–Trinajstić information content (AvgIpc) is 3.94. The first-order valence-corrected chi connectivity index (χ1v) is 26.5. The molecule has 0 atom stereocenters. The molecule has 0 unspecified atom stereocenters. The molecule has 0 radical (unpaired) electrons. The van der Waals surface area contributed by atoms with Crippen molar-refractivity contribution in [2.45, 2.75) is 19.3 Å². The maximum absolute atomic E-state index is 2.49. The van der Waals surface area contributed by atoms with Crippen LogP contribution < -0.4 is 9.80 Å². The first-order valence-electron chi connectivity index (χ1n) is 25.6.